The van der Waals surface area contributed by atoms with Gasteiger partial charge in [0.2, 0.25) is 5.82 Å². The molecular formula is C18H20F3N5. The van der Waals surface area contributed by atoms with E-state index >= 15 is 0 Å². The molecule has 0 spiro atoms. The average Bonchev–Trinajstić information content (AvgIpc) is 2.60. The normalized spacial score (nSPS) is 20.4. The summed E-state index contributed by atoms with van der Waals surface area (Å²) < 4.78 is 38.7. The molecule has 8 heteroatoms. The highest BCUT2D eigenvalue weighted by molar-refractivity contribution is 5.59. The maximum absolute atomic E-state index is 12.9. The molecule has 3 heterocycles. The molecule has 0 radical (unpaired) electrons. The van der Waals surface area contributed by atoms with Gasteiger partial charge in [0.15, 0.2) is 0 Å². The summed E-state index contributed by atoms with van der Waals surface area (Å²) >= 11 is 0. The van der Waals surface area contributed by atoms with Gasteiger partial charge in [-0.05, 0) is 36.6 Å². The van der Waals surface area contributed by atoms with Gasteiger partial charge in [-0.1, -0.05) is 6.07 Å². The van der Waals surface area contributed by atoms with Crippen molar-refractivity contribution < 1.29 is 13.2 Å². The molecule has 2 N–H and O–H groups in total. The molecule has 0 aliphatic carbocycles. The van der Waals surface area contributed by atoms with E-state index in [0.717, 1.165) is 38.3 Å². The summed E-state index contributed by atoms with van der Waals surface area (Å²) in [5.74, 6) is -0.969. The number of aryl methyl sites for hydroxylation is 1. The predicted octanol–water partition coefficient (Wildman–Crippen LogP) is 3.05. The quantitative estimate of drug-likeness (QED) is 0.859. The number of piperazine rings is 1. The van der Waals surface area contributed by atoms with Gasteiger partial charge in [0.05, 0.1) is 0 Å². The predicted molar refractivity (Wildman–Crippen MR) is 92.4 cm³/mol. The number of aromatic nitrogens is 2. The zero-order valence-electron chi connectivity index (χ0n) is 14.4. The van der Waals surface area contributed by atoms with Crippen LogP contribution < -0.4 is 10.6 Å². The number of alkyl halides is 3. The van der Waals surface area contributed by atoms with E-state index in [2.05, 4.69) is 31.6 Å². The minimum Gasteiger partial charge on any atom is -0.340 e. The summed E-state index contributed by atoms with van der Waals surface area (Å²) in [6, 6.07) is 7.88. The van der Waals surface area contributed by atoms with Crippen molar-refractivity contribution in [1.29, 1.82) is 0 Å². The maximum atomic E-state index is 12.9. The van der Waals surface area contributed by atoms with Crippen molar-refractivity contribution in [3.8, 4) is 0 Å². The minimum atomic E-state index is -4.56. The molecule has 138 valence electrons. The van der Waals surface area contributed by atoms with Gasteiger partial charge in [-0.25, -0.2) is 9.97 Å². The second-order valence-corrected chi connectivity index (χ2v) is 6.76. The molecule has 2 aliphatic rings. The first-order valence-corrected chi connectivity index (χ1v) is 8.67. The van der Waals surface area contributed by atoms with Gasteiger partial charge in [-0.15, -0.1) is 0 Å². The van der Waals surface area contributed by atoms with Crippen molar-refractivity contribution in [3.63, 3.8) is 0 Å². The fourth-order valence-corrected chi connectivity index (χ4v) is 3.72. The second-order valence-electron chi connectivity index (χ2n) is 6.76. The lowest BCUT2D eigenvalue weighted by molar-refractivity contribution is -0.145. The van der Waals surface area contributed by atoms with E-state index < -0.39 is 12.0 Å². The summed E-state index contributed by atoms with van der Waals surface area (Å²) in [5, 5.41) is 6.42. The molecule has 26 heavy (non-hydrogen) atoms. The van der Waals surface area contributed by atoms with Gasteiger partial charge in [0, 0.05) is 49.7 Å². The van der Waals surface area contributed by atoms with E-state index in [9.17, 15) is 13.2 Å². The van der Waals surface area contributed by atoms with Crippen molar-refractivity contribution in [2.24, 2.45) is 0 Å². The fourth-order valence-electron chi connectivity index (χ4n) is 3.72. The Morgan fingerprint density at radius 1 is 1.19 bits per heavy atom. The number of anilines is 2. The number of hydrogen-bond donors (Lipinski definition) is 2. The smallest absolute Gasteiger partial charge is 0.340 e. The highest BCUT2D eigenvalue weighted by Gasteiger charge is 2.35. The van der Waals surface area contributed by atoms with Crippen LogP contribution in [-0.4, -0.2) is 41.0 Å². The summed E-state index contributed by atoms with van der Waals surface area (Å²) in [7, 11) is 0. The van der Waals surface area contributed by atoms with Gasteiger partial charge >= 0.3 is 6.18 Å². The fraction of sp³-hybridized carbons (Fsp3) is 0.444. The Balaban J connectivity index is 1.60. The Morgan fingerprint density at radius 2 is 2.04 bits per heavy atom. The standard InChI is InChI=1S/C18H20F3N5/c1-11-8-16(25-17(23-11)18(19,20)21)24-13-2-3-14-12(9-13)4-6-26-7-5-22-10-15(14)26/h2-3,8-9,15,22H,4-7,10H2,1H3,(H,23,24,25). The Bertz CT molecular complexity index is 821. The molecule has 0 saturated carbocycles. The van der Waals surface area contributed by atoms with Crippen LogP contribution in [0.15, 0.2) is 24.3 Å². The Hall–Kier alpha value is -2.19. The Morgan fingerprint density at radius 3 is 2.85 bits per heavy atom. The van der Waals surface area contributed by atoms with E-state index in [1.54, 1.807) is 0 Å². The Labute approximate surface area is 149 Å². The third kappa shape index (κ3) is 3.39. The highest BCUT2D eigenvalue weighted by Crippen LogP contribution is 2.33. The maximum Gasteiger partial charge on any atom is 0.451 e. The molecule has 1 atom stereocenters. The molecule has 1 aromatic carbocycles. The molecule has 2 aliphatic heterocycles. The van der Waals surface area contributed by atoms with Gasteiger partial charge in [0.1, 0.15) is 5.82 Å². The monoisotopic (exact) mass is 363 g/mol. The third-order valence-corrected chi connectivity index (χ3v) is 4.90. The number of fused-ring (bicyclic) bond motifs is 3. The lowest BCUT2D eigenvalue weighted by atomic mass is 9.91. The first kappa shape index (κ1) is 17.2. The van der Waals surface area contributed by atoms with Crippen molar-refractivity contribution in [2.75, 3.05) is 31.5 Å². The van der Waals surface area contributed by atoms with Crippen LogP contribution in [0.2, 0.25) is 0 Å². The summed E-state index contributed by atoms with van der Waals surface area (Å²) in [6.45, 7) is 5.53. The third-order valence-electron chi connectivity index (χ3n) is 4.90. The summed E-state index contributed by atoms with van der Waals surface area (Å²) in [4.78, 5) is 9.57. The van der Waals surface area contributed by atoms with E-state index in [4.69, 9.17) is 0 Å². The molecule has 4 rings (SSSR count). The van der Waals surface area contributed by atoms with Gasteiger partial charge < -0.3 is 10.6 Å². The van der Waals surface area contributed by atoms with E-state index in [-0.39, 0.29) is 11.5 Å². The van der Waals surface area contributed by atoms with E-state index in [1.807, 2.05) is 12.1 Å². The van der Waals surface area contributed by atoms with Crippen molar-refractivity contribution in [1.82, 2.24) is 20.2 Å². The first-order valence-electron chi connectivity index (χ1n) is 8.67. The molecule has 0 bridgehead atoms. The lowest BCUT2D eigenvalue weighted by Gasteiger charge is -2.41. The summed E-state index contributed by atoms with van der Waals surface area (Å²) in [6.07, 6.45) is -3.62. The number of benzene rings is 1. The topological polar surface area (TPSA) is 53.1 Å². The molecule has 1 fully saturated rings. The van der Waals surface area contributed by atoms with E-state index in [0.29, 0.717) is 6.04 Å². The highest BCUT2D eigenvalue weighted by atomic mass is 19.4. The van der Waals surface area contributed by atoms with Crippen molar-refractivity contribution in [2.45, 2.75) is 25.6 Å². The van der Waals surface area contributed by atoms with Crippen LogP contribution in [0.5, 0.6) is 0 Å². The number of hydrogen-bond acceptors (Lipinski definition) is 5. The first-order chi connectivity index (χ1) is 12.4. The minimum absolute atomic E-state index is 0.154. The SMILES string of the molecule is Cc1cc(Nc2ccc3c(c2)CCN2CCNCC32)nc(C(F)(F)F)n1. The molecule has 1 saturated heterocycles. The number of nitrogens with zero attached hydrogens (tertiary/aromatic N) is 3. The van der Waals surface area contributed by atoms with Crippen molar-refractivity contribution >= 4 is 11.5 Å². The Kier molecular flexibility index (Phi) is 4.32. The van der Waals surface area contributed by atoms with Crippen LogP contribution in [0.4, 0.5) is 24.7 Å². The van der Waals surface area contributed by atoms with Crippen LogP contribution in [-0.2, 0) is 12.6 Å². The molecule has 1 aromatic heterocycles. The van der Waals surface area contributed by atoms with E-state index in [1.165, 1.54) is 24.1 Å². The molecule has 0 amide bonds. The average molecular weight is 363 g/mol. The van der Waals surface area contributed by atoms with Gasteiger partial charge in [-0.3, -0.25) is 4.90 Å². The molecule has 1 unspecified atom stereocenters. The second kappa shape index (κ2) is 6.51. The number of rotatable bonds is 2. The van der Waals surface area contributed by atoms with Crippen molar-refractivity contribution in [3.05, 3.63) is 46.9 Å². The van der Waals surface area contributed by atoms with Gasteiger partial charge in [0.25, 0.3) is 0 Å². The van der Waals surface area contributed by atoms with Crippen LogP contribution in [0, 0.1) is 6.92 Å². The molecule has 2 aromatic rings. The van der Waals surface area contributed by atoms with Crippen LogP contribution in [0.25, 0.3) is 0 Å². The largest absolute Gasteiger partial charge is 0.451 e. The van der Waals surface area contributed by atoms with Gasteiger partial charge in [-0.2, -0.15) is 13.2 Å². The molecule has 5 nitrogen and oxygen atoms in total. The zero-order chi connectivity index (χ0) is 18.3. The van der Waals surface area contributed by atoms with Crippen LogP contribution in [0.1, 0.15) is 28.7 Å². The summed E-state index contributed by atoms with van der Waals surface area (Å²) in [5.41, 5.74) is 3.55. The molecular weight excluding hydrogens is 343 g/mol. The number of halogens is 3. The lowest BCUT2D eigenvalue weighted by Crippen LogP contribution is -2.48. The van der Waals surface area contributed by atoms with Crippen LogP contribution >= 0.6 is 0 Å². The number of nitrogens with one attached hydrogen (secondary N) is 2. The zero-order valence-corrected chi connectivity index (χ0v) is 14.4. The van der Waals surface area contributed by atoms with Crippen LogP contribution in [0.3, 0.4) is 0 Å².